The van der Waals surface area contributed by atoms with Crippen LogP contribution < -0.4 is 0 Å². The molecule has 0 amide bonds. The second-order valence-electron chi connectivity index (χ2n) is 5.23. The molecule has 0 N–H and O–H groups in total. The molecule has 0 aliphatic heterocycles. The molecule has 20 heavy (non-hydrogen) atoms. The summed E-state index contributed by atoms with van der Waals surface area (Å²) in [6.07, 6.45) is 7.73. The molecule has 0 aliphatic carbocycles. The van der Waals surface area contributed by atoms with Crippen LogP contribution in [0.4, 0.5) is 4.39 Å². The summed E-state index contributed by atoms with van der Waals surface area (Å²) < 4.78 is 14.1. The largest absolute Gasteiger partial charge is 0.293 e. The number of carbonyl (C=O) groups is 1. The average molecular weight is 292 g/mol. The fraction of sp³-hybridized carbons (Fsp3) is 0.471. The van der Waals surface area contributed by atoms with Crippen LogP contribution >= 0.6 is 11.3 Å². The molecule has 0 spiro atoms. The Morgan fingerprint density at radius 1 is 1.10 bits per heavy atom. The zero-order chi connectivity index (χ0) is 14.4. The van der Waals surface area contributed by atoms with E-state index in [9.17, 15) is 9.18 Å². The standard InChI is InChI=1S/C17H21FOS/c1-2-3-4-5-6-7-8-15(19)17-12-13-11-14(18)9-10-16(13)20-17/h9-12H,2-8H2,1H3. The summed E-state index contributed by atoms with van der Waals surface area (Å²) in [5.41, 5.74) is 0. The zero-order valence-electron chi connectivity index (χ0n) is 12.0. The van der Waals surface area contributed by atoms with Gasteiger partial charge in [-0.05, 0) is 36.1 Å². The van der Waals surface area contributed by atoms with E-state index >= 15 is 0 Å². The number of fused-ring (bicyclic) bond motifs is 1. The van der Waals surface area contributed by atoms with Gasteiger partial charge in [0, 0.05) is 11.1 Å². The summed E-state index contributed by atoms with van der Waals surface area (Å²) in [6, 6.07) is 6.51. The van der Waals surface area contributed by atoms with Gasteiger partial charge in [0.25, 0.3) is 0 Å². The average Bonchev–Trinajstić information content (AvgIpc) is 2.85. The molecule has 108 valence electrons. The minimum atomic E-state index is -0.245. The summed E-state index contributed by atoms with van der Waals surface area (Å²) in [6.45, 7) is 2.20. The van der Waals surface area contributed by atoms with Crippen LogP contribution in [0.25, 0.3) is 10.1 Å². The number of unbranched alkanes of at least 4 members (excludes halogenated alkanes) is 5. The van der Waals surface area contributed by atoms with E-state index in [-0.39, 0.29) is 11.6 Å². The third kappa shape index (κ3) is 4.14. The van der Waals surface area contributed by atoms with Crippen molar-refractivity contribution < 1.29 is 9.18 Å². The van der Waals surface area contributed by atoms with Crippen LogP contribution in [0, 0.1) is 5.82 Å². The first-order chi connectivity index (χ1) is 9.70. The van der Waals surface area contributed by atoms with Crippen molar-refractivity contribution in [2.24, 2.45) is 0 Å². The van der Waals surface area contributed by atoms with Gasteiger partial charge in [-0.3, -0.25) is 4.79 Å². The lowest BCUT2D eigenvalue weighted by atomic mass is 10.1. The Labute approximate surface area is 123 Å². The Morgan fingerprint density at radius 2 is 1.85 bits per heavy atom. The molecule has 0 aliphatic rings. The van der Waals surface area contributed by atoms with Gasteiger partial charge < -0.3 is 0 Å². The van der Waals surface area contributed by atoms with Crippen LogP contribution in [-0.2, 0) is 0 Å². The number of thiophene rings is 1. The van der Waals surface area contributed by atoms with Gasteiger partial charge in [-0.15, -0.1) is 11.3 Å². The van der Waals surface area contributed by atoms with E-state index in [4.69, 9.17) is 0 Å². The third-order valence-electron chi connectivity index (χ3n) is 3.51. The smallest absolute Gasteiger partial charge is 0.172 e. The number of hydrogen-bond acceptors (Lipinski definition) is 2. The van der Waals surface area contributed by atoms with E-state index in [0.29, 0.717) is 6.42 Å². The molecule has 0 unspecified atom stereocenters. The molecule has 0 fully saturated rings. The summed E-state index contributed by atoms with van der Waals surface area (Å²) in [7, 11) is 0. The van der Waals surface area contributed by atoms with Crippen molar-refractivity contribution in [2.75, 3.05) is 0 Å². The molecule has 3 heteroatoms. The molecule has 1 aromatic heterocycles. The van der Waals surface area contributed by atoms with Gasteiger partial charge in [0.2, 0.25) is 0 Å². The lowest BCUT2D eigenvalue weighted by Gasteiger charge is -1.99. The number of benzene rings is 1. The maximum atomic E-state index is 13.1. The Balaban J connectivity index is 1.85. The van der Waals surface area contributed by atoms with Crippen molar-refractivity contribution in [3.05, 3.63) is 35.0 Å². The first-order valence-corrected chi connectivity index (χ1v) is 8.24. The topological polar surface area (TPSA) is 17.1 Å². The molecule has 1 aromatic carbocycles. The highest BCUT2D eigenvalue weighted by Crippen LogP contribution is 2.27. The Bertz CT molecular complexity index is 573. The first-order valence-electron chi connectivity index (χ1n) is 7.43. The van der Waals surface area contributed by atoms with E-state index in [2.05, 4.69) is 6.92 Å². The lowest BCUT2D eigenvalue weighted by Crippen LogP contribution is -1.95. The molecule has 0 saturated carbocycles. The molecule has 1 nitrogen and oxygen atoms in total. The fourth-order valence-corrected chi connectivity index (χ4v) is 3.35. The number of Topliss-reactive ketones (excluding diaryl/α,β-unsaturated/α-hetero) is 1. The molecular weight excluding hydrogens is 271 g/mol. The highest BCUT2D eigenvalue weighted by Gasteiger charge is 2.10. The molecule has 0 atom stereocenters. The molecule has 0 saturated heterocycles. The van der Waals surface area contributed by atoms with Crippen LogP contribution in [0.3, 0.4) is 0 Å². The number of rotatable bonds is 8. The number of carbonyl (C=O) groups excluding carboxylic acids is 1. The van der Waals surface area contributed by atoms with Crippen molar-refractivity contribution >= 4 is 27.2 Å². The van der Waals surface area contributed by atoms with Gasteiger partial charge in [-0.25, -0.2) is 4.39 Å². The molecule has 0 bridgehead atoms. The first kappa shape index (κ1) is 15.2. The van der Waals surface area contributed by atoms with Gasteiger partial charge in [-0.1, -0.05) is 39.0 Å². The SMILES string of the molecule is CCCCCCCCC(=O)c1cc2cc(F)ccc2s1. The van der Waals surface area contributed by atoms with Crippen molar-refractivity contribution in [1.82, 2.24) is 0 Å². The Hall–Kier alpha value is -1.22. The number of ketones is 1. The quantitative estimate of drug-likeness (QED) is 0.432. The summed E-state index contributed by atoms with van der Waals surface area (Å²) in [5.74, 6) is -0.0488. The summed E-state index contributed by atoms with van der Waals surface area (Å²) in [5, 5.41) is 0.835. The minimum absolute atomic E-state index is 0.196. The minimum Gasteiger partial charge on any atom is -0.293 e. The van der Waals surface area contributed by atoms with Gasteiger partial charge in [0.15, 0.2) is 5.78 Å². The van der Waals surface area contributed by atoms with Crippen molar-refractivity contribution in [3.8, 4) is 0 Å². The van der Waals surface area contributed by atoms with E-state index in [1.165, 1.54) is 49.2 Å². The van der Waals surface area contributed by atoms with Crippen LogP contribution in [0.1, 0.15) is 61.5 Å². The van der Waals surface area contributed by atoms with E-state index < -0.39 is 0 Å². The van der Waals surface area contributed by atoms with Crippen LogP contribution in [0.2, 0.25) is 0 Å². The highest BCUT2D eigenvalue weighted by atomic mass is 32.1. The number of halogens is 1. The molecule has 0 radical (unpaired) electrons. The van der Waals surface area contributed by atoms with Gasteiger partial charge in [0.1, 0.15) is 5.82 Å². The Kier molecular flexibility index (Phi) is 5.72. The third-order valence-corrected chi connectivity index (χ3v) is 4.67. The van der Waals surface area contributed by atoms with E-state index in [1.54, 1.807) is 6.07 Å². The van der Waals surface area contributed by atoms with Crippen molar-refractivity contribution in [3.63, 3.8) is 0 Å². The van der Waals surface area contributed by atoms with E-state index in [0.717, 1.165) is 27.8 Å². The zero-order valence-corrected chi connectivity index (χ0v) is 12.8. The second-order valence-corrected chi connectivity index (χ2v) is 6.32. The predicted octanol–water partition coefficient (Wildman–Crippen LogP) is 5.97. The summed E-state index contributed by atoms with van der Waals surface area (Å²) in [4.78, 5) is 12.9. The Morgan fingerprint density at radius 3 is 2.65 bits per heavy atom. The van der Waals surface area contributed by atoms with Crippen LogP contribution in [0.15, 0.2) is 24.3 Å². The lowest BCUT2D eigenvalue weighted by molar-refractivity contribution is 0.0983. The van der Waals surface area contributed by atoms with Gasteiger partial charge in [-0.2, -0.15) is 0 Å². The molecular formula is C17H21FOS. The summed E-state index contributed by atoms with van der Waals surface area (Å²) >= 11 is 1.47. The highest BCUT2D eigenvalue weighted by molar-refractivity contribution is 7.20. The molecule has 1 heterocycles. The van der Waals surface area contributed by atoms with Crippen molar-refractivity contribution in [1.29, 1.82) is 0 Å². The van der Waals surface area contributed by atoms with Gasteiger partial charge >= 0.3 is 0 Å². The van der Waals surface area contributed by atoms with Crippen molar-refractivity contribution in [2.45, 2.75) is 51.9 Å². The molecule has 2 aromatic rings. The van der Waals surface area contributed by atoms with Gasteiger partial charge in [0.05, 0.1) is 4.88 Å². The monoisotopic (exact) mass is 292 g/mol. The second kappa shape index (κ2) is 7.53. The predicted molar refractivity (Wildman–Crippen MR) is 84.1 cm³/mol. The maximum absolute atomic E-state index is 13.1. The van der Waals surface area contributed by atoms with Crippen LogP contribution in [0.5, 0.6) is 0 Å². The fourth-order valence-electron chi connectivity index (χ4n) is 2.34. The van der Waals surface area contributed by atoms with E-state index in [1.807, 2.05) is 6.07 Å². The number of hydrogen-bond donors (Lipinski definition) is 0. The maximum Gasteiger partial charge on any atom is 0.172 e. The normalized spacial score (nSPS) is 11.1. The van der Waals surface area contributed by atoms with Crippen LogP contribution in [-0.4, -0.2) is 5.78 Å². The molecule has 2 rings (SSSR count).